The number of hydrogen-bond acceptors (Lipinski definition) is 3. The zero-order chi connectivity index (χ0) is 12.3. The van der Waals surface area contributed by atoms with Crippen molar-refractivity contribution in [3.63, 3.8) is 0 Å². The molecule has 0 atom stereocenters. The molecular weight excluding hydrogens is 232 g/mol. The molecule has 0 radical (unpaired) electrons. The maximum Gasteiger partial charge on any atom is 0.114 e. The number of nitriles is 1. The zero-order valence-corrected chi connectivity index (χ0v) is 12.4. The topological polar surface area (TPSA) is 36.7 Å². The van der Waals surface area contributed by atoms with Gasteiger partial charge in [-0.05, 0) is 30.9 Å². The van der Waals surface area contributed by atoms with Gasteiger partial charge in [-0.15, -0.1) is 11.8 Å². The molecule has 0 saturated carbocycles. The van der Waals surface area contributed by atoms with Crippen LogP contribution in [0.4, 0.5) is 0 Å². The van der Waals surface area contributed by atoms with Gasteiger partial charge < -0.3 is 0 Å². The van der Waals surface area contributed by atoms with Crippen LogP contribution in [0.3, 0.4) is 0 Å². The van der Waals surface area contributed by atoms with Crippen LogP contribution in [-0.2, 0) is 0 Å². The van der Waals surface area contributed by atoms with E-state index < -0.39 is 8.07 Å². The first-order chi connectivity index (χ1) is 7.33. The second-order valence-corrected chi connectivity index (χ2v) is 12.2. The van der Waals surface area contributed by atoms with Crippen molar-refractivity contribution < 1.29 is 0 Å². The molecule has 1 aromatic heterocycles. The molecule has 4 heteroatoms. The summed E-state index contributed by atoms with van der Waals surface area (Å²) in [5, 5.41) is 11.1. The number of aryl methyl sites for hydroxylation is 2. The van der Waals surface area contributed by atoms with Gasteiger partial charge in [0.15, 0.2) is 0 Å². The van der Waals surface area contributed by atoms with E-state index in [2.05, 4.69) is 30.7 Å². The summed E-state index contributed by atoms with van der Waals surface area (Å²) in [6.45, 7) is 10.9. The maximum absolute atomic E-state index is 9.13. The smallest absolute Gasteiger partial charge is 0.114 e. The van der Waals surface area contributed by atoms with Gasteiger partial charge >= 0.3 is 0 Å². The standard InChI is InChI=1S/C12H18N2SSi/c1-9-6-10(2)14-12(11(9)7-13)15-8-16(3,4)5/h6H,8H2,1-5H3. The first-order valence-corrected chi connectivity index (χ1v) is 10.0. The van der Waals surface area contributed by atoms with E-state index in [1.54, 1.807) is 11.8 Å². The molecule has 86 valence electrons. The Kier molecular flexibility index (Phi) is 4.17. The first-order valence-electron chi connectivity index (χ1n) is 5.34. The predicted molar refractivity (Wildman–Crippen MR) is 72.5 cm³/mol. The van der Waals surface area contributed by atoms with Gasteiger partial charge in [-0.1, -0.05) is 19.6 Å². The van der Waals surface area contributed by atoms with Gasteiger partial charge in [0.25, 0.3) is 0 Å². The third kappa shape index (κ3) is 3.65. The quantitative estimate of drug-likeness (QED) is 0.608. The Labute approximate surface area is 103 Å². The van der Waals surface area contributed by atoms with E-state index in [0.717, 1.165) is 27.2 Å². The SMILES string of the molecule is Cc1cc(C)c(C#N)c(SC[Si](C)(C)C)n1. The van der Waals surface area contributed by atoms with Crippen molar-refractivity contribution in [2.24, 2.45) is 0 Å². The third-order valence-corrected chi connectivity index (χ3v) is 6.68. The summed E-state index contributed by atoms with van der Waals surface area (Å²) >= 11 is 1.74. The van der Waals surface area contributed by atoms with Crippen molar-refractivity contribution in [2.75, 3.05) is 5.38 Å². The number of hydrogen-bond donors (Lipinski definition) is 0. The first kappa shape index (κ1) is 13.3. The molecule has 0 bridgehead atoms. The lowest BCUT2D eigenvalue weighted by molar-refractivity contribution is 1.03. The second kappa shape index (κ2) is 5.02. The summed E-state index contributed by atoms with van der Waals surface area (Å²) < 4.78 is 0. The zero-order valence-electron chi connectivity index (χ0n) is 10.6. The van der Waals surface area contributed by atoms with E-state index in [0.29, 0.717) is 0 Å². The summed E-state index contributed by atoms with van der Waals surface area (Å²) in [6.07, 6.45) is 0. The summed E-state index contributed by atoms with van der Waals surface area (Å²) in [5.41, 5.74) is 2.77. The third-order valence-electron chi connectivity index (χ3n) is 2.07. The molecule has 2 nitrogen and oxygen atoms in total. The van der Waals surface area contributed by atoms with Crippen molar-refractivity contribution >= 4 is 19.8 Å². The van der Waals surface area contributed by atoms with E-state index in [9.17, 15) is 0 Å². The normalized spacial score (nSPS) is 11.2. The fourth-order valence-corrected chi connectivity index (χ4v) is 4.17. The average Bonchev–Trinajstić information content (AvgIpc) is 2.12. The molecular formula is C12H18N2SSi. The van der Waals surface area contributed by atoms with Crippen LogP contribution in [0.15, 0.2) is 11.1 Å². The molecule has 0 aliphatic heterocycles. The van der Waals surface area contributed by atoms with E-state index in [1.165, 1.54) is 0 Å². The van der Waals surface area contributed by atoms with Gasteiger partial charge in [-0.2, -0.15) is 5.26 Å². The highest BCUT2D eigenvalue weighted by molar-refractivity contribution is 8.00. The summed E-state index contributed by atoms with van der Waals surface area (Å²) in [4.78, 5) is 4.47. The number of aromatic nitrogens is 1. The Morgan fingerprint density at radius 2 is 2.00 bits per heavy atom. The minimum absolute atomic E-state index is 0.744. The van der Waals surface area contributed by atoms with Crippen LogP contribution >= 0.6 is 11.8 Å². The fraction of sp³-hybridized carbons (Fsp3) is 0.500. The van der Waals surface area contributed by atoms with Gasteiger partial charge in [-0.3, -0.25) is 0 Å². The summed E-state index contributed by atoms with van der Waals surface area (Å²) in [6, 6.07) is 4.23. The number of thioether (sulfide) groups is 1. The Morgan fingerprint density at radius 3 is 2.50 bits per heavy atom. The summed E-state index contributed by atoms with van der Waals surface area (Å²) in [5.74, 6) is 0. The molecule has 0 amide bonds. The van der Waals surface area contributed by atoms with Gasteiger partial charge in [0, 0.05) is 5.69 Å². The van der Waals surface area contributed by atoms with Crippen LogP contribution in [-0.4, -0.2) is 18.4 Å². The van der Waals surface area contributed by atoms with Crippen LogP contribution in [0.2, 0.25) is 19.6 Å². The van der Waals surface area contributed by atoms with Gasteiger partial charge in [0.2, 0.25) is 0 Å². The largest absolute Gasteiger partial charge is 0.245 e. The minimum Gasteiger partial charge on any atom is -0.245 e. The Hall–Kier alpha value is -0.793. The highest BCUT2D eigenvalue weighted by Crippen LogP contribution is 2.25. The predicted octanol–water partition coefficient (Wildman–Crippen LogP) is 3.54. The van der Waals surface area contributed by atoms with E-state index in [-0.39, 0.29) is 0 Å². The van der Waals surface area contributed by atoms with Crippen LogP contribution < -0.4 is 0 Å². The van der Waals surface area contributed by atoms with Crippen LogP contribution in [0.1, 0.15) is 16.8 Å². The number of nitrogens with zero attached hydrogens (tertiary/aromatic N) is 2. The molecule has 0 aliphatic carbocycles. The molecule has 1 heterocycles. The molecule has 0 N–H and O–H groups in total. The highest BCUT2D eigenvalue weighted by Gasteiger charge is 2.16. The van der Waals surface area contributed by atoms with Crippen LogP contribution in [0.25, 0.3) is 0 Å². The van der Waals surface area contributed by atoms with E-state index in [1.807, 2.05) is 19.9 Å². The fourth-order valence-electron chi connectivity index (χ4n) is 1.33. The molecule has 16 heavy (non-hydrogen) atoms. The van der Waals surface area contributed by atoms with Crippen molar-refractivity contribution in [1.29, 1.82) is 5.26 Å². The summed E-state index contributed by atoms with van der Waals surface area (Å²) in [7, 11) is -1.10. The number of rotatable bonds is 3. The van der Waals surface area contributed by atoms with Gasteiger partial charge in [-0.25, -0.2) is 4.98 Å². The molecule has 0 saturated heterocycles. The minimum atomic E-state index is -1.10. The van der Waals surface area contributed by atoms with Gasteiger partial charge in [0.1, 0.15) is 11.1 Å². The second-order valence-electron chi connectivity index (χ2n) is 5.22. The lowest BCUT2D eigenvalue weighted by Gasteiger charge is -2.15. The average molecular weight is 250 g/mol. The molecule has 1 aromatic rings. The van der Waals surface area contributed by atoms with Crippen molar-refractivity contribution in [2.45, 2.75) is 38.5 Å². The molecule has 1 rings (SSSR count). The monoisotopic (exact) mass is 250 g/mol. The van der Waals surface area contributed by atoms with Crippen LogP contribution in [0.5, 0.6) is 0 Å². The number of pyridine rings is 1. The van der Waals surface area contributed by atoms with Crippen LogP contribution in [0, 0.1) is 25.2 Å². The highest BCUT2D eigenvalue weighted by atomic mass is 32.2. The molecule has 0 aromatic carbocycles. The Bertz CT molecular complexity index is 430. The lowest BCUT2D eigenvalue weighted by atomic mass is 10.1. The molecule has 0 fully saturated rings. The Balaban J connectivity index is 3.00. The molecule has 0 unspecified atom stereocenters. The van der Waals surface area contributed by atoms with E-state index >= 15 is 0 Å². The Morgan fingerprint density at radius 1 is 1.38 bits per heavy atom. The lowest BCUT2D eigenvalue weighted by Crippen LogP contribution is -2.24. The molecule has 0 spiro atoms. The van der Waals surface area contributed by atoms with Crippen molar-refractivity contribution in [3.8, 4) is 6.07 Å². The van der Waals surface area contributed by atoms with Crippen molar-refractivity contribution in [3.05, 3.63) is 22.9 Å². The molecule has 0 aliphatic rings. The van der Waals surface area contributed by atoms with Crippen molar-refractivity contribution in [1.82, 2.24) is 4.98 Å². The van der Waals surface area contributed by atoms with E-state index in [4.69, 9.17) is 5.26 Å². The maximum atomic E-state index is 9.13. The van der Waals surface area contributed by atoms with Gasteiger partial charge in [0.05, 0.1) is 13.6 Å².